The van der Waals surface area contributed by atoms with E-state index in [-0.39, 0.29) is 21.9 Å². The molecular weight excluding hydrogens is 302 g/mol. The van der Waals surface area contributed by atoms with E-state index in [2.05, 4.69) is 10.9 Å². The summed E-state index contributed by atoms with van der Waals surface area (Å²) in [6.07, 6.45) is 7.24. The van der Waals surface area contributed by atoms with E-state index >= 15 is 0 Å². The molecule has 22 heavy (non-hydrogen) atoms. The van der Waals surface area contributed by atoms with Crippen LogP contribution < -0.4 is 11.5 Å². The zero-order valence-electron chi connectivity index (χ0n) is 12.8. The van der Waals surface area contributed by atoms with Gasteiger partial charge in [-0.2, -0.15) is 4.99 Å². The Kier molecular flexibility index (Phi) is 5.33. The lowest BCUT2D eigenvalue weighted by Gasteiger charge is -2.16. The molecule has 1 atom stereocenters. The SMILES string of the molecule is C#Cc1cc(C(C)CC)c(S(C)(=O)=O)cc1C(=O)N=C(N)N. The molecule has 4 N–H and O–H groups in total. The first kappa shape index (κ1) is 17.7. The predicted octanol–water partition coefficient (Wildman–Crippen LogP) is 0.999. The van der Waals surface area contributed by atoms with E-state index in [0.29, 0.717) is 5.56 Å². The molecule has 1 rings (SSSR count). The van der Waals surface area contributed by atoms with Crippen molar-refractivity contribution in [2.24, 2.45) is 16.5 Å². The van der Waals surface area contributed by atoms with Gasteiger partial charge in [0.25, 0.3) is 5.91 Å². The number of hydrogen-bond acceptors (Lipinski definition) is 3. The summed E-state index contributed by atoms with van der Waals surface area (Å²) in [5.74, 6) is 1.17. The fourth-order valence-corrected chi connectivity index (χ4v) is 3.02. The molecule has 1 aromatic rings. The van der Waals surface area contributed by atoms with E-state index in [1.165, 1.54) is 6.07 Å². The second-order valence-electron chi connectivity index (χ2n) is 5.00. The Hall–Kier alpha value is -2.33. The molecule has 0 radical (unpaired) electrons. The summed E-state index contributed by atoms with van der Waals surface area (Å²) in [6, 6.07) is 2.79. The van der Waals surface area contributed by atoms with Crippen LogP contribution in [0.5, 0.6) is 0 Å². The molecule has 0 aliphatic heterocycles. The van der Waals surface area contributed by atoms with Crippen LogP contribution in [0.3, 0.4) is 0 Å². The van der Waals surface area contributed by atoms with E-state index in [9.17, 15) is 13.2 Å². The largest absolute Gasteiger partial charge is 0.370 e. The monoisotopic (exact) mass is 321 g/mol. The number of terminal acetylenes is 1. The smallest absolute Gasteiger partial charge is 0.281 e. The Morgan fingerprint density at radius 3 is 2.41 bits per heavy atom. The van der Waals surface area contributed by atoms with Crippen molar-refractivity contribution >= 4 is 21.7 Å². The predicted molar refractivity (Wildman–Crippen MR) is 86.3 cm³/mol. The van der Waals surface area contributed by atoms with Crippen LogP contribution in [0.25, 0.3) is 0 Å². The molecular formula is C15H19N3O3S. The summed E-state index contributed by atoms with van der Waals surface area (Å²) >= 11 is 0. The van der Waals surface area contributed by atoms with Gasteiger partial charge >= 0.3 is 0 Å². The number of benzene rings is 1. The summed E-state index contributed by atoms with van der Waals surface area (Å²) < 4.78 is 24.0. The molecule has 0 heterocycles. The van der Waals surface area contributed by atoms with E-state index in [1.54, 1.807) is 6.07 Å². The lowest BCUT2D eigenvalue weighted by Crippen LogP contribution is -2.24. The molecule has 0 aliphatic carbocycles. The summed E-state index contributed by atoms with van der Waals surface area (Å²) in [6.45, 7) is 3.83. The Bertz CT molecular complexity index is 770. The van der Waals surface area contributed by atoms with Gasteiger partial charge in [0.15, 0.2) is 15.8 Å². The Morgan fingerprint density at radius 2 is 2.00 bits per heavy atom. The van der Waals surface area contributed by atoms with Gasteiger partial charge in [0.1, 0.15) is 0 Å². The fraction of sp³-hybridized carbons (Fsp3) is 0.333. The van der Waals surface area contributed by atoms with Crippen molar-refractivity contribution in [3.05, 3.63) is 28.8 Å². The Balaban J connectivity index is 3.73. The quantitative estimate of drug-likeness (QED) is 0.487. The number of amides is 1. The third-order valence-corrected chi connectivity index (χ3v) is 4.46. The molecule has 0 aromatic heterocycles. The van der Waals surface area contributed by atoms with Crippen LogP contribution in [0.15, 0.2) is 22.0 Å². The number of rotatable bonds is 4. The molecule has 0 saturated heterocycles. The van der Waals surface area contributed by atoms with Crippen molar-refractivity contribution < 1.29 is 13.2 Å². The topological polar surface area (TPSA) is 116 Å². The highest BCUT2D eigenvalue weighted by Crippen LogP contribution is 2.29. The van der Waals surface area contributed by atoms with Crippen LogP contribution in [0.1, 0.15) is 47.7 Å². The third-order valence-electron chi connectivity index (χ3n) is 3.31. The van der Waals surface area contributed by atoms with Crippen LogP contribution in [0.2, 0.25) is 0 Å². The van der Waals surface area contributed by atoms with Crippen LogP contribution in [0.4, 0.5) is 0 Å². The first-order valence-electron chi connectivity index (χ1n) is 6.60. The normalized spacial score (nSPS) is 12.3. The number of carbonyl (C=O) groups excluding carboxylic acids is 1. The minimum absolute atomic E-state index is 0.0108. The van der Waals surface area contributed by atoms with E-state index in [4.69, 9.17) is 17.9 Å². The number of carbonyl (C=O) groups is 1. The summed E-state index contributed by atoms with van der Waals surface area (Å²) in [5.41, 5.74) is 11.2. The number of aliphatic imine (C=N–C) groups is 1. The molecule has 1 unspecified atom stereocenters. The molecule has 0 spiro atoms. The molecule has 0 bridgehead atoms. The van der Waals surface area contributed by atoms with Crippen LogP contribution in [-0.2, 0) is 9.84 Å². The first-order valence-corrected chi connectivity index (χ1v) is 8.49. The van der Waals surface area contributed by atoms with Crippen molar-refractivity contribution in [2.75, 3.05) is 6.26 Å². The zero-order valence-corrected chi connectivity index (χ0v) is 13.6. The molecule has 0 saturated carbocycles. The fourth-order valence-electron chi connectivity index (χ4n) is 2.00. The van der Waals surface area contributed by atoms with Gasteiger partial charge in [-0.05, 0) is 30.0 Å². The van der Waals surface area contributed by atoms with Crippen molar-refractivity contribution in [1.29, 1.82) is 0 Å². The molecule has 7 heteroatoms. The zero-order chi connectivity index (χ0) is 17.1. The minimum Gasteiger partial charge on any atom is -0.370 e. The van der Waals surface area contributed by atoms with Gasteiger partial charge in [-0.3, -0.25) is 4.79 Å². The maximum Gasteiger partial charge on any atom is 0.281 e. The Labute approximate surface area is 130 Å². The summed E-state index contributed by atoms with van der Waals surface area (Å²) in [4.78, 5) is 15.5. The average Bonchev–Trinajstić information content (AvgIpc) is 2.43. The highest BCUT2D eigenvalue weighted by molar-refractivity contribution is 7.90. The number of nitrogens with zero attached hydrogens (tertiary/aromatic N) is 1. The lowest BCUT2D eigenvalue weighted by atomic mass is 9.94. The summed E-state index contributed by atoms with van der Waals surface area (Å²) in [7, 11) is -3.53. The second kappa shape index (κ2) is 6.62. The van der Waals surface area contributed by atoms with Crippen molar-refractivity contribution in [3.8, 4) is 12.3 Å². The van der Waals surface area contributed by atoms with Gasteiger partial charge < -0.3 is 11.5 Å². The number of hydrogen-bond donors (Lipinski definition) is 2. The number of nitrogens with two attached hydrogens (primary N) is 2. The van der Waals surface area contributed by atoms with Gasteiger partial charge in [0.05, 0.1) is 10.5 Å². The van der Waals surface area contributed by atoms with Crippen LogP contribution >= 0.6 is 0 Å². The minimum atomic E-state index is -3.53. The van der Waals surface area contributed by atoms with Gasteiger partial charge in [-0.25, -0.2) is 8.42 Å². The van der Waals surface area contributed by atoms with Gasteiger partial charge in [0.2, 0.25) is 0 Å². The standard InChI is InChI=1S/C15H19N3O3S/c1-5-9(3)11-7-10(6-2)12(14(19)18-15(16)17)8-13(11)22(4,20)21/h2,7-9H,5H2,1,3-4H3,(H4,16,17,18,19). The number of sulfone groups is 1. The molecule has 0 aliphatic rings. The maximum absolute atomic E-state index is 12.0. The van der Waals surface area contributed by atoms with Gasteiger partial charge in [-0.1, -0.05) is 19.8 Å². The molecule has 1 aromatic carbocycles. The molecule has 0 fully saturated rings. The van der Waals surface area contributed by atoms with Gasteiger partial charge in [0, 0.05) is 11.8 Å². The second-order valence-corrected chi connectivity index (χ2v) is 6.99. The van der Waals surface area contributed by atoms with Crippen molar-refractivity contribution in [1.82, 2.24) is 0 Å². The van der Waals surface area contributed by atoms with Gasteiger partial charge in [-0.15, -0.1) is 6.42 Å². The van der Waals surface area contributed by atoms with E-state index in [0.717, 1.165) is 12.7 Å². The summed E-state index contributed by atoms with van der Waals surface area (Å²) in [5, 5.41) is 0. The van der Waals surface area contributed by atoms with Crippen LogP contribution in [0, 0.1) is 12.3 Å². The third kappa shape index (κ3) is 3.86. The highest BCUT2D eigenvalue weighted by atomic mass is 32.2. The van der Waals surface area contributed by atoms with E-state index in [1.807, 2.05) is 13.8 Å². The first-order chi connectivity index (χ1) is 10.1. The Morgan fingerprint density at radius 1 is 1.41 bits per heavy atom. The number of guanidine groups is 1. The van der Waals surface area contributed by atoms with E-state index < -0.39 is 21.7 Å². The van der Waals surface area contributed by atoms with Crippen molar-refractivity contribution in [3.63, 3.8) is 0 Å². The highest BCUT2D eigenvalue weighted by Gasteiger charge is 2.22. The lowest BCUT2D eigenvalue weighted by molar-refractivity contribution is 0.100. The molecule has 118 valence electrons. The molecule has 6 nitrogen and oxygen atoms in total. The average molecular weight is 321 g/mol. The van der Waals surface area contributed by atoms with Crippen molar-refractivity contribution in [2.45, 2.75) is 31.1 Å². The van der Waals surface area contributed by atoms with Crippen LogP contribution in [-0.4, -0.2) is 26.5 Å². The maximum atomic E-state index is 12.0. The molecule has 1 amide bonds.